The van der Waals surface area contributed by atoms with Crippen molar-refractivity contribution in [3.63, 3.8) is 0 Å². The summed E-state index contributed by atoms with van der Waals surface area (Å²) in [5.41, 5.74) is 1.10. The molecule has 0 fully saturated rings. The number of anilines is 1. The van der Waals surface area contributed by atoms with Gasteiger partial charge in [-0.3, -0.25) is 4.79 Å². The zero-order chi connectivity index (χ0) is 14.7. The summed E-state index contributed by atoms with van der Waals surface area (Å²) in [5.74, 6) is 0.316. The molecule has 0 aromatic carbocycles. The highest BCUT2D eigenvalue weighted by atomic mass is 35.5. The number of halogens is 2. The van der Waals surface area contributed by atoms with Crippen LogP contribution in [0.25, 0.3) is 0 Å². The second-order valence-electron chi connectivity index (χ2n) is 4.16. The van der Waals surface area contributed by atoms with Crippen LogP contribution in [0.15, 0.2) is 18.3 Å². The second-order valence-corrected chi connectivity index (χ2v) is 6.45. The Labute approximate surface area is 130 Å². The molecule has 0 unspecified atom stereocenters. The quantitative estimate of drug-likeness (QED) is 0.936. The van der Waals surface area contributed by atoms with Crippen LogP contribution in [0, 0.1) is 0 Å². The average Bonchev–Trinajstić information content (AvgIpc) is 2.75. The van der Waals surface area contributed by atoms with Gasteiger partial charge in [-0.15, -0.1) is 11.3 Å². The first-order valence-corrected chi connectivity index (χ1v) is 7.27. The van der Waals surface area contributed by atoms with Crippen LogP contribution in [0.4, 0.5) is 5.95 Å². The Balaban J connectivity index is 2.03. The number of nitrogens with zero attached hydrogens (tertiary/aromatic N) is 3. The van der Waals surface area contributed by atoms with Crippen LogP contribution in [0.5, 0.6) is 0 Å². The predicted octanol–water partition coefficient (Wildman–Crippen LogP) is 2.84. The first kappa shape index (κ1) is 15.0. The lowest BCUT2D eigenvalue weighted by molar-refractivity contribution is 0.0951. The molecule has 1 amide bonds. The highest BCUT2D eigenvalue weighted by Gasteiger charge is 2.14. The van der Waals surface area contributed by atoms with E-state index in [0.29, 0.717) is 26.7 Å². The molecule has 2 heterocycles. The van der Waals surface area contributed by atoms with E-state index < -0.39 is 0 Å². The van der Waals surface area contributed by atoms with Crippen molar-refractivity contribution in [3.8, 4) is 0 Å². The third-order valence-electron chi connectivity index (χ3n) is 2.43. The van der Waals surface area contributed by atoms with Gasteiger partial charge in [-0.1, -0.05) is 23.2 Å². The summed E-state index contributed by atoms with van der Waals surface area (Å²) in [4.78, 5) is 22.2. The standard InChI is InChI=1S/C12H12Cl2N4OS/c1-18(2)12-15-4-3-7(17-12)6-16-11(19)8-5-9(13)20-10(8)14/h3-5H,6H2,1-2H3,(H,16,19). The maximum absolute atomic E-state index is 12.0. The average molecular weight is 331 g/mol. The summed E-state index contributed by atoms with van der Waals surface area (Å²) in [6.07, 6.45) is 1.65. The van der Waals surface area contributed by atoms with E-state index in [2.05, 4.69) is 15.3 Å². The van der Waals surface area contributed by atoms with Crippen molar-refractivity contribution in [3.05, 3.63) is 38.3 Å². The number of hydrogen-bond acceptors (Lipinski definition) is 5. The molecule has 1 N–H and O–H groups in total. The van der Waals surface area contributed by atoms with Gasteiger partial charge in [-0.25, -0.2) is 9.97 Å². The molecule has 20 heavy (non-hydrogen) atoms. The van der Waals surface area contributed by atoms with Crippen molar-refractivity contribution < 1.29 is 4.79 Å². The predicted molar refractivity (Wildman–Crippen MR) is 81.9 cm³/mol. The van der Waals surface area contributed by atoms with E-state index in [-0.39, 0.29) is 5.91 Å². The zero-order valence-electron chi connectivity index (χ0n) is 10.9. The number of carbonyl (C=O) groups is 1. The first-order valence-electron chi connectivity index (χ1n) is 5.69. The summed E-state index contributed by atoms with van der Waals surface area (Å²) in [7, 11) is 3.70. The van der Waals surface area contributed by atoms with E-state index in [1.54, 1.807) is 23.2 Å². The van der Waals surface area contributed by atoms with Gasteiger partial charge in [0.05, 0.1) is 22.1 Å². The number of nitrogens with one attached hydrogen (secondary N) is 1. The van der Waals surface area contributed by atoms with Gasteiger partial charge in [0.15, 0.2) is 0 Å². The fraction of sp³-hybridized carbons (Fsp3) is 0.250. The van der Waals surface area contributed by atoms with E-state index in [1.807, 2.05) is 14.1 Å². The van der Waals surface area contributed by atoms with Gasteiger partial charge in [0, 0.05) is 20.3 Å². The van der Waals surface area contributed by atoms with Gasteiger partial charge < -0.3 is 10.2 Å². The summed E-state index contributed by atoms with van der Waals surface area (Å²) in [5, 5.41) is 2.75. The van der Waals surface area contributed by atoms with Gasteiger partial charge >= 0.3 is 0 Å². The lowest BCUT2D eigenvalue weighted by Gasteiger charge is -2.11. The molecule has 2 rings (SSSR count). The van der Waals surface area contributed by atoms with E-state index in [4.69, 9.17) is 23.2 Å². The maximum atomic E-state index is 12.0. The molecule has 0 radical (unpaired) electrons. The molecule has 8 heteroatoms. The first-order chi connectivity index (χ1) is 9.47. The van der Waals surface area contributed by atoms with E-state index >= 15 is 0 Å². The van der Waals surface area contributed by atoms with Crippen LogP contribution >= 0.6 is 34.5 Å². The number of hydrogen-bond donors (Lipinski definition) is 1. The molecular formula is C12H12Cl2N4OS. The molecule has 0 aliphatic rings. The van der Waals surface area contributed by atoms with Crippen LogP contribution in [-0.2, 0) is 6.54 Å². The molecule has 5 nitrogen and oxygen atoms in total. The van der Waals surface area contributed by atoms with E-state index in [1.165, 1.54) is 0 Å². The molecule has 0 saturated carbocycles. The van der Waals surface area contributed by atoms with Crippen LogP contribution in [0.1, 0.15) is 16.1 Å². The summed E-state index contributed by atoms with van der Waals surface area (Å²) < 4.78 is 0.862. The number of rotatable bonds is 4. The van der Waals surface area contributed by atoms with Gasteiger partial charge in [0.1, 0.15) is 4.34 Å². The summed E-state index contributed by atoms with van der Waals surface area (Å²) in [6.45, 7) is 0.298. The Kier molecular flexibility index (Phi) is 4.80. The van der Waals surface area contributed by atoms with Gasteiger partial charge in [-0.2, -0.15) is 0 Å². The zero-order valence-corrected chi connectivity index (χ0v) is 13.2. The van der Waals surface area contributed by atoms with E-state index in [0.717, 1.165) is 17.0 Å². The Morgan fingerprint density at radius 3 is 2.80 bits per heavy atom. The summed E-state index contributed by atoms with van der Waals surface area (Å²) >= 11 is 12.9. The highest BCUT2D eigenvalue weighted by molar-refractivity contribution is 7.20. The minimum absolute atomic E-state index is 0.275. The number of thiophene rings is 1. The maximum Gasteiger partial charge on any atom is 0.254 e. The normalized spacial score (nSPS) is 10.4. The molecular weight excluding hydrogens is 319 g/mol. The lowest BCUT2D eigenvalue weighted by atomic mass is 10.3. The van der Waals surface area contributed by atoms with Crippen LogP contribution in [0.2, 0.25) is 8.67 Å². The fourth-order valence-corrected chi connectivity index (χ4v) is 2.92. The van der Waals surface area contributed by atoms with Crippen molar-refractivity contribution in [2.24, 2.45) is 0 Å². The van der Waals surface area contributed by atoms with E-state index in [9.17, 15) is 4.79 Å². The Hall–Kier alpha value is -1.37. The van der Waals surface area contributed by atoms with Crippen LogP contribution < -0.4 is 10.2 Å². The van der Waals surface area contributed by atoms with Crippen LogP contribution in [0.3, 0.4) is 0 Å². The van der Waals surface area contributed by atoms with Crippen molar-refractivity contribution in [2.45, 2.75) is 6.54 Å². The number of amides is 1. The minimum Gasteiger partial charge on any atom is -0.347 e. The van der Waals surface area contributed by atoms with Crippen molar-refractivity contribution in [1.29, 1.82) is 0 Å². The molecule has 2 aromatic rings. The number of carbonyl (C=O) groups excluding carboxylic acids is 1. The molecule has 0 saturated heterocycles. The van der Waals surface area contributed by atoms with Crippen LogP contribution in [-0.4, -0.2) is 30.0 Å². The lowest BCUT2D eigenvalue weighted by Crippen LogP contribution is -2.23. The van der Waals surface area contributed by atoms with Crippen molar-refractivity contribution in [1.82, 2.24) is 15.3 Å². The minimum atomic E-state index is -0.275. The molecule has 0 aliphatic carbocycles. The van der Waals surface area contributed by atoms with Crippen molar-refractivity contribution >= 4 is 46.4 Å². The van der Waals surface area contributed by atoms with Crippen molar-refractivity contribution in [2.75, 3.05) is 19.0 Å². The molecule has 0 bridgehead atoms. The summed E-state index contributed by atoms with van der Waals surface area (Å²) in [6, 6.07) is 3.30. The molecule has 106 valence electrons. The fourth-order valence-electron chi connectivity index (χ4n) is 1.46. The van der Waals surface area contributed by atoms with Gasteiger partial charge in [-0.05, 0) is 12.1 Å². The smallest absolute Gasteiger partial charge is 0.254 e. The molecule has 2 aromatic heterocycles. The SMILES string of the molecule is CN(C)c1nccc(CNC(=O)c2cc(Cl)sc2Cl)n1. The topological polar surface area (TPSA) is 58.1 Å². The molecule has 0 atom stereocenters. The Morgan fingerprint density at radius 2 is 2.20 bits per heavy atom. The molecule has 0 spiro atoms. The monoisotopic (exact) mass is 330 g/mol. The largest absolute Gasteiger partial charge is 0.347 e. The number of aromatic nitrogens is 2. The highest BCUT2D eigenvalue weighted by Crippen LogP contribution is 2.30. The Bertz CT molecular complexity index is 630. The second kappa shape index (κ2) is 6.39. The third-order valence-corrected chi connectivity index (χ3v) is 3.92. The Morgan fingerprint density at radius 1 is 1.45 bits per heavy atom. The van der Waals surface area contributed by atoms with Gasteiger partial charge in [0.25, 0.3) is 5.91 Å². The third kappa shape index (κ3) is 3.59. The van der Waals surface area contributed by atoms with Gasteiger partial charge in [0.2, 0.25) is 5.95 Å². The molecule has 0 aliphatic heterocycles.